The van der Waals surface area contributed by atoms with E-state index in [1.807, 2.05) is 11.6 Å². The Morgan fingerprint density at radius 2 is 2.40 bits per heavy atom. The smallest absolute Gasteiger partial charge is 0.294 e. The molecule has 1 atom stereocenters. The van der Waals surface area contributed by atoms with Gasteiger partial charge in [-0.3, -0.25) is 9.58 Å². The van der Waals surface area contributed by atoms with E-state index in [1.54, 1.807) is 12.7 Å². The van der Waals surface area contributed by atoms with Crippen LogP contribution in [-0.2, 0) is 13.1 Å². The van der Waals surface area contributed by atoms with Gasteiger partial charge in [0.1, 0.15) is 17.7 Å². The van der Waals surface area contributed by atoms with Crippen molar-refractivity contribution in [2.24, 2.45) is 0 Å². The first-order valence-corrected chi connectivity index (χ1v) is 7.68. The molecule has 1 unspecified atom stereocenters. The van der Waals surface area contributed by atoms with E-state index in [0.29, 0.717) is 17.8 Å². The molecule has 0 radical (unpaired) electrons. The predicted octanol–water partition coefficient (Wildman–Crippen LogP) is 1.19. The molecule has 108 valence electrons. The fraction of sp³-hybridized carbons (Fsp3) is 0.667. The van der Waals surface area contributed by atoms with Crippen LogP contribution in [0.25, 0.3) is 0 Å². The normalized spacial score (nSPS) is 19.6. The molecular weight excluding hydrogens is 276 g/mol. The zero-order valence-electron chi connectivity index (χ0n) is 11.5. The van der Waals surface area contributed by atoms with Crippen molar-refractivity contribution >= 4 is 11.3 Å². The highest BCUT2D eigenvalue weighted by Crippen LogP contribution is 2.24. The highest BCUT2D eigenvalue weighted by Gasteiger charge is 2.26. The summed E-state index contributed by atoms with van der Waals surface area (Å²) in [6.07, 6.45) is 5.76. The van der Waals surface area contributed by atoms with Gasteiger partial charge < -0.3 is 4.74 Å². The largest absolute Gasteiger partial charge is 0.469 e. The van der Waals surface area contributed by atoms with Crippen LogP contribution >= 0.6 is 11.3 Å². The summed E-state index contributed by atoms with van der Waals surface area (Å²) in [5.41, 5.74) is 0. The lowest BCUT2D eigenvalue weighted by Gasteiger charge is -2.22. The standard InChI is InChI=1S/C12H18N6OS/c1-2-19-12-16-15-11(20-12)7-17-5-3-4-10(17)6-18-9-13-8-14-18/h8-10H,2-7H2,1H3. The number of hydrogen-bond acceptors (Lipinski definition) is 7. The molecule has 0 N–H and O–H groups in total. The summed E-state index contributed by atoms with van der Waals surface area (Å²) in [5.74, 6) is 0. The van der Waals surface area contributed by atoms with Crippen molar-refractivity contribution in [2.75, 3.05) is 13.2 Å². The first kappa shape index (κ1) is 13.4. The molecule has 1 aliphatic heterocycles. The summed E-state index contributed by atoms with van der Waals surface area (Å²) in [5, 5.41) is 14.1. The molecule has 7 nitrogen and oxygen atoms in total. The Morgan fingerprint density at radius 3 is 3.20 bits per heavy atom. The lowest BCUT2D eigenvalue weighted by Crippen LogP contribution is -2.32. The van der Waals surface area contributed by atoms with Crippen LogP contribution in [-0.4, -0.2) is 49.1 Å². The monoisotopic (exact) mass is 294 g/mol. The van der Waals surface area contributed by atoms with E-state index in [2.05, 4.69) is 25.2 Å². The Morgan fingerprint density at radius 1 is 1.45 bits per heavy atom. The van der Waals surface area contributed by atoms with Gasteiger partial charge in [-0.05, 0) is 26.3 Å². The van der Waals surface area contributed by atoms with Crippen molar-refractivity contribution in [3.63, 3.8) is 0 Å². The highest BCUT2D eigenvalue weighted by molar-refractivity contribution is 7.13. The second-order valence-electron chi connectivity index (χ2n) is 4.78. The third-order valence-corrected chi connectivity index (χ3v) is 4.24. The maximum absolute atomic E-state index is 5.37. The second-order valence-corrected chi connectivity index (χ2v) is 5.80. The Labute approximate surface area is 121 Å². The van der Waals surface area contributed by atoms with Crippen molar-refractivity contribution in [1.82, 2.24) is 29.9 Å². The first-order valence-electron chi connectivity index (χ1n) is 6.87. The SMILES string of the molecule is CCOc1nnc(CN2CCCC2Cn2cncn2)s1. The summed E-state index contributed by atoms with van der Waals surface area (Å²) < 4.78 is 7.26. The molecule has 0 aromatic carbocycles. The zero-order valence-corrected chi connectivity index (χ0v) is 12.3. The molecule has 2 aromatic heterocycles. The third kappa shape index (κ3) is 3.13. The van der Waals surface area contributed by atoms with Crippen LogP contribution in [0.1, 0.15) is 24.8 Å². The fourth-order valence-electron chi connectivity index (χ4n) is 2.51. The molecule has 0 amide bonds. The maximum Gasteiger partial charge on any atom is 0.294 e. The zero-order chi connectivity index (χ0) is 13.8. The van der Waals surface area contributed by atoms with Crippen molar-refractivity contribution < 1.29 is 4.74 Å². The molecule has 8 heteroatoms. The van der Waals surface area contributed by atoms with Gasteiger partial charge in [0.25, 0.3) is 5.19 Å². The minimum atomic E-state index is 0.496. The Balaban J connectivity index is 1.60. The van der Waals surface area contributed by atoms with Crippen molar-refractivity contribution in [3.05, 3.63) is 17.7 Å². The van der Waals surface area contributed by atoms with Crippen LogP contribution in [0, 0.1) is 0 Å². The van der Waals surface area contributed by atoms with Crippen LogP contribution in [0.5, 0.6) is 5.19 Å². The van der Waals surface area contributed by atoms with Gasteiger partial charge in [0.2, 0.25) is 0 Å². The second kappa shape index (κ2) is 6.27. The Bertz CT molecular complexity index is 528. The minimum absolute atomic E-state index is 0.496. The molecule has 20 heavy (non-hydrogen) atoms. The van der Waals surface area contributed by atoms with Crippen molar-refractivity contribution in [3.8, 4) is 5.19 Å². The average Bonchev–Trinajstić information content (AvgIpc) is 3.15. The van der Waals surface area contributed by atoms with Crippen molar-refractivity contribution in [1.29, 1.82) is 0 Å². The molecule has 0 aliphatic carbocycles. The van der Waals surface area contributed by atoms with Gasteiger partial charge in [-0.1, -0.05) is 11.3 Å². The molecule has 0 bridgehead atoms. The number of aromatic nitrogens is 5. The molecule has 1 aliphatic rings. The lowest BCUT2D eigenvalue weighted by molar-refractivity contribution is 0.218. The molecule has 1 fully saturated rings. The maximum atomic E-state index is 5.37. The number of ether oxygens (including phenoxy) is 1. The van der Waals surface area contributed by atoms with Crippen LogP contribution in [0.2, 0.25) is 0 Å². The highest BCUT2D eigenvalue weighted by atomic mass is 32.1. The third-order valence-electron chi connectivity index (χ3n) is 3.42. The summed E-state index contributed by atoms with van der Waals surface area (Å²) in [4.78, 5) is 6.44. The summed E-state index contributed by atoms with van der Waals surface area (Å²) in [6, 6.07) is 0.496. The van der Waals surface area contributed by atoms with Crippen LogP contribution in [0.4, 0.5) is 0 Å². The number of rotatable bonds is 6. The molecule has 2 aromatic rings. The van der Waals surface area contributed by atoms with Crippen LogP contribution in [0.15, 0.2) is 12.7 Å². The quantitative estimate of drug-likeness (QED) is 0.797. The van der Waals surface area contributed by atoms with Crippen molar-refractivity contribution in [2.45, 2.75) is 38.9 Å². The fourth-order valence-corrected chi connectivity index (χ4v) is 3.28. The van der Waals surface area contributed by atoms with E-state index in [1.165, 1.54) is 24.2 Å². The minimum Gasteiger partial charge on any atom is -0.469 e. The average molecular weight is 294 g/mol. The molecule has 3 heterocycles. The molecule has 0 saturated carbocycles. The number of nitrogens with zero attached hydrogens (tertiary/aromatic N) is 6. The van der Waals surface area contributed by atoms with E-state index in [9.17, 15) is 0 Å². The van der Waals surface area contributed by atoms with Gasteiger partial charge >= 0.3 is 0 Å². The van der Waals surface area contributed by atoms with Crippen LogP contribution < -0.4 is 4.74 Å². The molecule has 1 saturated heterocycles. The topological polar surface area (TPSA) is 69.0 Å². The summed E-state index contributed by atoms with van der Waals surface area (Å²) in [6.45, 7) is 5.41. The van der Waals surface area contributed by atoms with Gasteiger partial charge in [-0.2, -0.15) is 5.10 Å². The predicted molar refractivity (Wildman–Crippen MR) is 74.5 cm³/mol. The van der Waals surface area contributed by atoms with Gasteiger partial charge in [0, 0.05) is 6.04 Å². The van der Waals surface area contributed by atoms with E-state index < -0.39 is 0 Å². The van der Waals surface area contributed by atoms with Gasteiger partial charge in [0.15, 0.2) is 0 Å². The summed E-state index contributed by atoms with van der Waals surface area (Å²) in [7, 11) is 0. The van der Waals surface area contributed by atoms with Gasteiger partial charge in [0.05, 0.1) is 19.7 Å². The summed E-state index contributed by atoms with van der Waals surface area (Å²) >= 11 is 1.53. The first-order chi connectivity index (χ1) is 9.85. The Hall–Kier alpha value is -1.54. The molecule has 0 spiro atoms. The van der Waals surface area contributed by atoms with Crippen LogP contribution in [0.3, 0.4) is 0 Å². The van der Waals surface area contributed by atoms with Gasteiger partial charge in [-0.25, -0.2) is 4.98 Å². The van der Waals surface area contributed by atoms with E-state index in [4.69, 9.17) is 4.74 Å². The van der Waals surface area contributed by atoms with E-state index >= 15 is 0 Å². The molecule has 3 rings (SSSR count). The van der Waals surface area contributed by atoms with E-state index in [0.717, 1.165) is 24.6 Å². The van der Waals surface area contributed by atoms with Gasteiger partial charge in [-0.15, -0.1) is 10.2 Å². The molecular formula is C12H18N6OS. The number of hydrogen-bond donors (Lipinski definition) is 0. The lowest BCUT2D eigenvalue weighted by atomic mass is 10.2. The Kier molecular flexibility index (Phi) is 4.22. The van der Waals surface area contributed by atoms with E-state index in [-0.39, 0.29) is 0 Å². The number of likely N-dealkylation sites (tertiary alicyclic amines) is 1.